The van der Waals surface area contributed by atoms with Gasteiger partial charge in [-0.2, -0.15) is 0 Å². The number of rotatable bonds is 4. The van der Waals surface area contributed by atoms with Crippen molar-refractivity contribution in [3.8, 4) is 0 Å². The molecule has 3 heteroatoms. The van der Waals surface area contributed by atoms with Gasteiger partial charge >= 0.3 is 0 Å². The molecule has 0 amide bonds. The first-order chi connectivity index (χ1) is 8.65. The van der Waals surface area contributed by atoms with E-state index < -0.39 is 0 Å². The number of aryl methyl sites for hydroxylation is 1. The Morgan fingerprint density at radius 1 is 1.28 bits per heavy atom. The smallest absolute Gasteiger partial charge is 0.0372 e. The van der Waals surface area contributed by atoms with E-state index in [9.17, 15) is 0 Å². The van der Waals surface area contributed by atoms with E-state index >= 15 is 0 Å². The van der Waals surface area contributed by atoms with Crippen molar-refractivity contribution >= 4 is 15.9 Å². The van der Waals surface area contributed by atoms with Crippen molar-refractivity contribution in [3.05, 3.63) is 63.9 Å². The lowest BCUT2D eigenvalue weighted by Crippen LogP contribution is -2.18. The summed E-state index contributed by atoms with van der Waals surface area (Å²) in [5.74, 6) is 0. The first kappa shape index (κ1) is 13.2. The van der Waals surface area contributed by atoms with Gasteiger partial charge in [-0.1, -0.05) is 34.1 Å². The summed E-state index contributed by atoms with van der Waals surface area (Å²) in [5.41, 5.74) is 3.55. The zero-order valence-electron chi connectivity index (χ0n) is 10.7. The third-order valence-corrected chi connectivity index (χ3v) is 3.43. The van der Waals surface area contributed by atoms with Crippen molar-refractivity contribution in [2.75, 3.05) is 0 Å². The van der Waals surface area contributed by atoms with Crippen LogP contribution in [0.4, 0.5) is 0 Å². The second-order valence-electron chi connectivity index (χ2n) is 4.47. The molecule has 1 atom stereocenters. The molecule has 0 spiro atoms. The molecule has 1 heterocycles. The summed E-state index contributed by atoms with van der Waals surface area (Å²) in [4.78, 5) is 4.30. The number of pyridine rings is 1. The van der Waals surface area contributed by atoms with Crippen molar-refractivity contribution in [2.45, 2.75) is 26.4 Å². The number of hydrogen-bond acceptors (Lipinski definition) is 2. The Hall–Kier alpha value is -1.19. The van der Waals surface area contributed by atoms with Crippen LogP contribution < -0.4 is 5.32 Å². The van der Waals surface area contributed by atoms with Gasteiger partial charge < -0.3 is 5.32 Å². The van der Waals surface area contributed by atoms with Gasteiger partial charge in [0.25, 0.3) is 0 Å². The van der Waals surface area contributed by atoms with E-state index in [0.717, 1.165) is 16.7 Å². The Kier molecular flexibility index (Phi) is 4.50. The number of halogens is 1. The van der Waals surface area contributed by atoms with Crippen molar-refractivity contribution in [1.29, 1.82) is 0 Å². The van der Waals surface area contributed by atoms with Crippen molar-refractivity contribution < 1.29 is 0 Å². The minimum absolute atomic E-state index is 0.323. The quantitative estimate of drug-likeness (QED) is 0.923. The summed E-state index contributed by atoms with van der Waals surface area (Å²) in [6.07, 6.45) is 1.93. The lowest BCUT2D eigenvalue weighted by molar-refractivity contribution is 0.573. The van der Waals surface area contributed by atoms with E-state index in [1.54, 1.807) is 0 Å². The Balaban J connectivity index is 1.96. The summed E-state index contributed by atoms with van der Waals surface area (Å²) >= 11 is 3.50. The van der Waals surface area contributed by atoms with Crippen LogP contribution in [0.2, 0.25) is 0 Å². The molecule has 0 aliphatic carbocycles. The van der Waals surface area contributed by atoms with E-state index in [0.29, 0.717) is 6.04 Å². The highest BCUT2D eigenvalue weighted by atomic mass is 79.9. The third kappa shape index (κ3) is 3.65. The molecule has 18 heavy (non-hydrogen) atoms. The Bertz CT molecular complexity index is 508. The van der Waals surface area contributed by atoms with E-state index in [4.69, 9.17) is 0 Å². The van der Waals surface area contributed by atoms with Crippen LogP contribution in [0.25, 0.3) is 0 Å². The summed E-state index contributed by atoms with van der Waals surface area (Å²) in [7, 11) is 0. The molecular formula is C15H17BrN2. The molecule has 1 aromatic heterocycles. The third-order valence-electron chi connectivity index (χ3n) is 2.93. The fourth-order valence-corrected chi connectivity index (χ4v) is 2.18. The molecular weight excluding hydrogens is 288 g/mol. The van der Waals surface area contributed by atoms with Crippen LogP contribution in [0, 0.1) is 6.92 Å². The average Bonchev–Trinajstić information content (AvgIpc) is 2.38. The number of benzene rings is 1. The van der Waals surface area contributed by atoms with E-state index in [1.165, 1.54) is 11.1 Å². The molecule has 0 saturated heterocycles. The molecule has 0 unspecified atom stereocenters. The Labute approximate surface area is 117 Å². The van der Waals surface area contributed by atoms with Crippen LogP contribution in [0.3, 0.4) is 0 Å². The summed E-state index contributed by atoms with van der Waals surface area (Å²) in [5, 5.41) is 3.50. The molecule has 0 radical (unpaired) electrons. The minimum Gasteiger partial charge on any atom is -0.306 e. The molecule has 0 aliphatic heterocycles. The van der Waals surface area contributed by atoms with E-state index in [1.807, 2.05) is 25.3 Å². The lowest BCUT2D eigenvalue weighted by Gasteiger charge is -2.14. The van der Waals surface area contributed by atoms with Gasteiger partial charge in [-0.15, -0.1) is 0 Å². The summed E-state index contributed by atoms with van der Waals surface area (Å²) in [6.45, 7) is 5.01. The summed E-state index contributed by atoms with van der Waals surface area (Å²) < 4.78 is 1.12. The average molecular weight is 305 g/mol. The van der Waals surface area contributed by atoms with Gasteiger partial charge in [0.1, 0.15) is 0 Å². The maximum Gasteiger partial charge on any atom is 0.0372 e. The van der Waals surface area contributed by atoms with Crippen LogP contribution in [-0.4, -0.2) is 4.98 Å². The minimum atomic E-state index is 0.323. The fourth-order valence-electron chi connectivity index (χ4n) is 1.77. The molecule has 2 rings (SSSR count). The predicted octanol–water partition coefficient (Wildman–Crippen LogP) is 4.00. The highest BCUT2D eigenvalue weighted by Crippen LogP contribution is 2.18. The highest BCUT2D eigenvalue weighted by Gasteiger charge is 2.05. The molecule has 2 nitrogen and oxygen atoms in total. The first-order valence-electron chi connectivity index (χ1n) is 6.05. The van der Waals surface area contributed by atoms with Crippen LogP contribution >= 0.6 is 15.9 Å². The zero-order chi connectivity index (χ0) is 13.0. The van der Waals surface area contributed by atoms with Crippen molar-refractivity contribution in [2.24, 2.45) is 0 Å². The molecule has 94 valence electrons. The second kappa shape index (κ2) is 6.12. The second-order valence-corrected chi connectivity index (χ2v) is 5.38. The lowest BCUT2D eigenvalue weighted by atomic mass is 10.1. The first-order valence-corrected chi connectivity index (χ1v) is 6.85. The van der Waals surface area contributed by atoms with Gasteiger partial charge in [-0.3, -0.25) is 4.98 Å². The van der Waals surface area contributed by atoms with Crippen LogP contribution in [0.1, 0.15) is 29.8 Å². The topological polar surface area (TPSA) is 24.9 Å². The fraction of sp³-hybridized carbons (Fsp3) is 0.267. The van der Waals surface area contributed by atoms with Gasteiger partial charge in [0.2, 0.25) is 0 Å². The molecule has 0 saturated carbocycles. The number of aromatic nitrogens is 1. The van der Waals surface area contributed by atoms with Gasteiger partial charge in [0.05, 0.1) is 0 Å². The zero-order valence-corrected chi connectivity index (χ0v) is 12.2. The van der Waals surface area contributed by atoms with Crippen molar-refractivity contribution in [1.82, 2.24) is 10.3 Å². The van der Waals surface area contributed by atoms with E-state index in [-0.39, 0.29) is 0 Å². The van der Waals surface area contributed by atoms with Crippen molar-refractivity contribution in [3.63, 3.8) is 0 Å². The highest BCUT2D eigenvalue weighted by molar-refractivity contribution is 9.10. The largest absolute Gasteiger partial charge is 0.306 e. The molecule has 0 aliphatic rings. The number of hydrogen-bond donors (Lipinski definition) is 1. The van der Waals surface area contributed by atoms with Gasteiger partial charge in [0, 0.05) is 29.0 Å². The number of nitrogens with one attached hydrogen (secondary N) is 1. The van der Waals surface area contributed by atoms with Crippen LogP contribution in [0.15, 0.2) is 47.1 Å². The molecule has 1 aromatic carbocycles. The SMILES string of the molecule is Cc1ccc(CN[C@@H](C)c2cccc(Br)c2)cn1. The van der Waals surface area contributed by atoms with Gasteiger partial charge in [-0.25, -0.2) is 0 Å². The van der Waals surface area contributed by atoms with Gasteiger partial charge in [0.15, 0.2) is 0 Å². The monoisotopic (exact) mass is 304 g/mol. The Morgan fingerprint density at radius 3 is 2.78 bits per heavy atom. The molecule has 0 fully saturated rings. The Morgan fingerprint density at radius 2 is 2.11 bits per heavy atom. The molecule has 2 aromatic rings. The predicted molar refractivity (Wildman–Crippen MR) is 78.4 cm³/mol. The summed E-state index contributed by atoms with van der Waals surface area (Å²) in [6, 6.07) is 12.9. The van der Waals surface area contributed by atoms with Gasteiger partial charge in [-0.05, 0) is 43.2 Å². The van der Waals surface area contributed by atoms with Crippen LogP contribution in [0.5, 0.6) is 0 Å². The molecule has 0 bridgehead atoms. The van der Waals surface area contributed by atoms with E-state index in [2.05, 4.69) is 57.4 Å². The standard InChI is InChI=1S/C15H17BrN2/c1-11-6-7-13(9-17-11)10-18-12(2)14-4-3-5-15(16)8-14/h3-9,12,18H,10H2,1-2H3/t12-/m0/s1. The normalized spacial score (nSPS) is 12.4. The maximum atomic E-state index is 4.30. The molecule has 1 N–H and O–H groups in total. The number of nitrogens with zero attached hydrogens (tertiary/aromatic N) is 1. The van der Waals surface area contributed by atoms with Crippen LogP contribution in [-0.2, 0) is 6.54 Å². The maximum absolute atomic E-state index is 4.30.